The molecule has 1 aliphatic heterocycles. The van der Waals surface area contributed by atoms with Crippen molar-refractivity contribution < 1.29 is 8.42 Å². The highest BCUT2D eigenvalue weighted by Gasteiger charge is 2.28. The highest BCUT2D eigenvalue weighted by atomic mass is 35.5. The summed E-state index contributed by atoms with van der Waals surface area (Å²) < 4.78 is 23.2. The SMILES string of the molecule is CCNC(=NCC(C)c1c(Cl)cccc1Cl)NC1CCS(=O)(=O)C1. The monoisotopic (exact) mass is 391 g/mol. The second-order valence-electron chi connectivity index (χ2n) is 6.00. The highest BCUT2D eigenvalue weighted by molar-refractivity contribution is 7.91. The van der Waals surface area contributed by atoms with E-state index in [0.717, 1.165) is 5.56 Å². The maximum absolute atomic E-state index is 11.6. The summed E-state index contributed by atoms with van der Waals surface area (Å²) in [6.45, 7) is 5.18. The molecule has 1 saturated heterocycles. The van der Waals surface area contributed by atoms with Gasteiger partial charge in [0.25, 0.3) is 0 Å². The summed E-state index contributed by atoms with van der Waals surface area (Å²) in [7, 11) is -2.92. The lowest BCUT2D eigenvalue weighted by Gasteiger charge is -2.18. The summed E-state index contributed by atoms with van der Waals surface area (Å²) in [5, 5.41) is 7.61. The van der Waals surface area contributed by atoms with Gasteiger partial charge in [-0.2, -0.15) is 0 Å². The molecule has 24 heavy (non-hydrogen) atoms. The molecule has 5 nitrogen and oxygen atoms in total. The van der Waals surface area contributed by atoms with Crippen molar-refractivity contribution in [2.24, 2.45) is 4.99 Å². The van der Waals surface area contributed by atoms with Crippen molar-refractivity contribution in [3.8, 4) is 0 Å². The van der Waals surface area contributed by atoms with Crippen LogP contribution in [0, 0.1) is 0 Å². The van der Waals surface area contributed by atoms with E-state index in [9.17, 15) is 8.42 Å². The number of hydrogen-bond acceptors (Lipinski definition) is 3. The van der Waals surface area contributed by atoms with E-state index in [2.05, 4.69) is 15.6 Å². The number of nitrogens with zero attached hydrogens (tertiary/aromatic N) is 1. The predicted molar refractivity (Wildman–Crippen MR) is 101 cm³/mol. The van der Waals surface area contributed by atoms with Crippen molar-refractivity contribution in [3.05, 3.63) is 33.8 Å². The Labute approximate surface area is 153 Å². The fourth-order valence-electron chi connectivity index (χ4n) is 2.72. The first-order valence-corrected chi connectivity index (χ1v) is 10.6. The average Bonchev–Trinajstić information content (AvgIpc) is 2.84. The van der Waals surface area contributed by atoms with Gasteiger partial charge in [0.05, 0.1) is 11.5 Å². The van der Waals surface area contributed by atoms with Crippen molar-refractivity contribution >= 4 is 39.0 Å². The van der Waals surface area contributed by atoms with Crippen LogP contribution in [-0.2, 0) is 9.84 Å². The standard InChI is InChI=1S/C16H23Cl2N3O2S/c1-3-19-16(21-12-7-8-24(22,23)10-12)20-9-11(2)15-13(17)5-4-6-14(15)18/h4-6,11-12H,3,7-10H2,1-2H3,(H2,19,20,21). The summed E-state index contributed by atoms with van der Waals surface area (Å²) in [6.07, 6.45) is 0.610. The molecule has 1 aliphatic rings. The van der Waals surface area contributed by atoms with Gasteiger partial charge in [0.1, 0.15) is 0 Å². The van der Waals surface area contributed by atoms with Gasteiger partial charge >= 0.3 is 0 Å². The number of benzene rings is 1. The zero-order valence-electron chi connectivity index (χ0n) is 13.9. The molecule has 1 aromatic rings. The maximum Gasteiger partial charge on any atom is 0.191 e. The van der Waals surface area contributed by atoms with Crippen molar-refractivity contribution in [1.82, 2.24) is 10.6 Å². The Morgan fingerprint density at radius 1 is 1.38 bits per heavy atom. The number of sulfone groups is 1. The van der Waals surface area contributed by atoms with Crippen LogP contribution in [-0.4, -0.2) is 45.0 Å². The summed E-state index contributed by atoms with van der Waals surface area (Å²) in [5.41, 5.74) is 0.879. The van der Waals surface area contributed by atoms with Gasteiger partial charge in [-0.15, -0.1) is 0 Å². The third-order valence-corrected chi connectivity index (χ3v) is 6.36. The molecule has 2 N–H and O–H groups in total. The first kappa shape index (κ1) is 19.3. The quantitative estimate of drug-likeness (QED) is 0.597. The number of nitrogens with one attached hydrogen (secondary N) is 2. The summed E-state index contributed by atoms with van der Waals surface area (Å²) >= 11 is 12.5. The number of halogens is 2. The Hall–Kier alpha value is -0.980. The van der Waals surface area contributed by atoms with E-state index in [1.165, 1.54) is 0 Å². The van der Waals surface area contributed by atoms with Crippen LogP contribution < -0.4 is 10.6 Å². The maximum atomic E-state index is 11.6. The fourth-order valence-corrected chi connectivity index (χ4v) is 5.17. The van der Waals surface area contributed by atoms with Crippen LogP contribution in [0.1, 0.15) is 31.7 Å². The Morgan fingerprint density at radius 2 is 2.04 bits per heavy atom. The van der Waals surface area contributed by atoms with Crippen molar-refractivity contribution in [2.75, 3.05) is 24.6 Å². The number of rotatable bonds is 5. The van der Waals surface area contributed by atoms with Gasteiger partial charge in [-0.1, -0.05) is 36.2 Å². The van der Waals surface area contributed by atoms with E-state index >= 15 is 0 Å². The molecule has 0 saturated carbocycles. The molecule has 2 atom stereocenters. The molecule has 1 heterocycles. The Kier molecular flexibility index (Phi) is 6.78. The first-order valence-electron chi connectivity index (χ1n) is 8.01. The molecular formula is C16H23Cl2N3O2S. The predicted octanol–water partition coefficient (Wildman–Crippen LogP) is 2.84. The molecule has 2 unspecified atom stereocenters. The minimum absolute atomic E-state index is 0.0500. The lowest BCUT2D eigenvalue weighted by Crippen LogP contribution is -2.44. The van der Waals surface area contributed by atoms with E-state index in [1.807, 2.05) is 32.0 Å². The lowest BCUT2D eigenvalue weighted by molar-refractivity contribution is 0.599. The second kappa shape index (κ2) is 8.41. The van der Waals surface area contributed by atoms with Crippen LogP contribution in [0.15, 0.2) is 23.2 Å². The molecular weight excluding hydrogens is 369 g/mol. The van der Waals surface area contributed by atoms with Crippen molar-refractivity contribution in [2.45, 2.75) is 32.2 Å². The molecule has 0 spiro atoms. The van der Waals surface area contributed by atoms with E-state index < -0.39 is 9.84 Å². The van der Waals surface area contributed by atoms with Gasteiger partial charge in [0.2, 0.25) is 0 Å². The van der Waals surface area contributed by atoms with E-state index in [4.69, 9.17) is 23.2 Å². The fraction of sp³-hybridized carbons (Fsp3) is 0.562. The molecule has 2 rings (SSSR count). The largest absolute Gasteiger partial charge is 0.357 e. The molecule has 0 amide bonds. The third kappa shape index (κ3) is 5.26. The third-order valence-electron chi connectivity index (χ3n) is 3.93. The zero-order valence-corrected chi connectivity index (χ0v) is 16.2. The molecule has 0 aromatic heterocycles. The molecule has 0 bridgehead atoms. The van der Waals surface area contributed by atoms with Crippen molar-refractivity contribution in [1.29, 1.82) is 0 Å². The van der Waals surface area contributed by atoms with Crippen molar-refractivity contribution in [3.63, 3.8) is 0 Å². The minimum Gasteiger partial charge on any atom is -0.357 e. The summed E-state index contributed by atoms with van der Waals surface area (Å²) in [6, 6.07) is 5.36. The van der Waals surface area contributed by atoms with Crippen LogP contribution in [0.5, 0.6) is 0 Å². The van der Waals surface area contributed by atoms with Crippen LogP contribution in [0.2, 0.25) is 10.0 Å². The zero-order chi connectivity index (χ0) is 17.7. The smallest absolute Gasteiger partial charge is 0.191 e. The van der Waals surface area contributed by atoms with E-state index in [0.29, 0.717) is 35.5 Å². The number of hydrogen-bond donors (Lipinski definition) is 2. The number of guanidine groups is 1. The van der Waals surface area contributed by atoms with Gasteiger partial charge in [-0.3, -0.25) is 4.99 Å². The molecule has 8 heteroatoms. The van der Waals surface area contributed by atoms with Crippen LogP contribution in [0.4, 0.5) is 0 Å². The van der Waals surface area contributed by atoms with Gasteiger partial charge in [-0.05, 0) is 31.0 Å². The van der Waals surface area contributed by atoms with Crippen LogP contribution >= 0.6 is 23.2 Å². The van der Waals surface area contributed by atoms with Gasteiger partial charge in [0.15, 0.2) is 15.8 Å². The first-order chi connectivity index (χ1) is 11.3. The van der Waals surface area contributed by atoms with Crippen LogP contribution in [0.25, 0.3) is 0 Å². The van der Waals surface area contributed by atoms with Gasteiger partial charge in [0, 0.05) is 35.1 Å². The van der Waals surface area contributed by atoms with E-state index in [-0.39, 0.29) is 23.5 Å². The molecule has 1 fully saturated rings. The van der Waals surface area contributed by atoms with Gasteiger partial charge in [-0.25, -0.2) is 8.42 Å². The normalized spacial score (nSPS) is 21.5. The Balaban J connectivity index is 2.05. The molecule has 0 aliphatic carbocycles. The minimum atomic E-state index is -2.92. The second-order valence-corrected chi connectivity index (χ2v) is 9.04. The molecule has 0 radical (unpaired) electrons. The van der Waals surface area contributed by atoms with E-state index in [1.54, 1.807) is 0 Å². The number of aliphatic imine (C=N–C) groups is 1. The summed E-state index contributed by atoms with van der Waals surface area (Å²) in [5.74, 6) is 1.06. The summed E-state index contributed by atoms with van der Waals surface area (Å²) in [4.78, 5) is 4.57. The van der Waals surface area contributed by atoms with Gasteiger partial charge < -0.3 is 10.6 Å². The Morgan fingerprint density at radius 3 is 2.58 bits per heavy atom. The highest BCUT2D eigenvalue weighted by Crippen LogP contribution is 2.31. The molecule has 1 aromatic carbocycles. The molecule has 134 valence electrons. The average molecular weight is 392 g/mol. The topological polar surface area (TPSA) is 70.6 Å². The Bertz CT molecular complexity index is 687. The lowest BCUT2D eigenvalue weighted by atomic mass is 10.0. The van der Waals surface area contributed by atoms with Crippen LogP contribution in [0.3, 0.4) is 0 Å².